The molecule has 0 aliphatic carbocycles. The number of benzene rings is 1. The van der Waals surface area contributed by atoms with Crippen LogP contribution in [0.3, 0.4) is 0 Å². The van der Waals surface area contributed by atoms with Gasteiger partial charge in [-0.05, 0) is 57.7 Å². The average molecular weight is 420 g/mol. The first-order chi connectivity index (χ1) is 12.3. The van der Waals surface area contributed by atoms with Crippen LogP contribution in [-0.2, 0) is 4.74 Å². The molecule has 1 aromatic carbocycles. The number of carbonyl (C=O) groups is 1. The highest BCUT2D eigenvalue weighted by Crippen LogP contribution is 2.38. The third-order valence-corrected chi connectivity index (χ3v) is 5.17. The Bertz CT molecular complexity index is 764. The maximum Gasteiger partial charge on any atom is 0.411 e. The van der Waals surface area contributed by atoms with Gasteiger partial charge in [-0.1, -0.05) is 35.0 Å². The van der Waals surface area contributed by atoms with Crippen molar-refractivity contribution in [3.05, 3.63) is 40.8 Å². The number of ether oxygens (including phenoxy) is 1. The number of likely N-dealkylation sites (tertiary alicyclic amines) is 1. The first-order valence-electron chi connectivity index (χ1n) is 9.10. The van der Waals surface area contributed by atoms with E-state index in [2.05, 4.69) is 32.8 Å². The second-order valence-electron chi connectivity index (χ2n) is 7.73. The topological polar surface area (TPSA) is 58.2 Å². The molecule has 140 valence electrons. The quantitative estimate of drug-likeness (QED) is 0.694. The van der Waals surface area contributed by atoms with Gasteiger partial charge in [-0.25, -0.2) is 9.78 Å². The number of H-pyrrole nitrogens is 1. The molecule has 0 unspecified atom stereocenters. The van der Waals surface area contributed by atoms with Crippen molar-refractivity contribution in [2.75, 3.05) is 0 Å². The standard InChI is InChI=1S/C20H26BrN3O2/c1-5-15-10-11-17(24(15)19(25)26-20(2,3)4)18-22-12-16(23-18)13-6-8-14(21)9-7-13/h6-9,12,15,17H,5,10-11H2,1-4H3,(H,22,23)/t15-,17+/m1/s1. The normalized spacial score (nSPS) is 20.4. The lowest BCUT2D eigenvalue weighted by molar-refractivity contribution is 0.0133. The summed E-state index contributed by atoms with van der Waals surface area (Å²) in [5, 5.41) is 0. The van der Waals surface area contributed by atoms with Crippen molar-refractivity contribution in [1.29, 1.82) is 0 Å². The SMILES string of the molecule is CC[C@@H]1CC[C@@H](c2ncc(-c3ccc(Br)cc3)[nH]2)N1C(=O)OC(C)(C)C. The van der Waals surface area contributed by atoms with Crippen LogP contribution in [0.1, 0.15) is 58.8 Å². The molecule has 1 N–H and O–H groups in total. The number of rotatable bonds is 3. The fourth-order valence-corrected chi connectivity index (χ4v) is 3.69. The fraction of sp³-hybridized carbons (Fsp3) is 0.500. The van der Waals surface area contributed by atoms with Crippen LogP contribution in [0.2, 0.25) is 0 Å². The molecular formula is C20H26BrN3O2. The Morgan fingerprint density at radius 1 is 1.31 bits per heavy atom. The molecule has 0 bridgehead atoms. The predicted octanol–water partition coefficient (Wildman–Crippen LogP) is 5.69. The minimum atomic E-state index is -0.506. The van der Waals surface area contributed by atoms with Gasteiger partial charge in [0.15, 0.2) is 0 Å². The second kappa shape index (κ2) is 7.43. The number of nitrogens with one attached hydrogen (secondary N) is 1. The third-order valence-electron chi connectivity index (χ3n) is 4.64. The van der Waals surface area contributed by atoms with Crippen molar-refractivity contribution in [3.8, 4) is 11.3 Å². The number of nitrogens with zero attached hydrogens (tertiary/aromatic N) is 2. The summed E-state index contributed by atoms with van der Waals surface area (Å²) in [5.41, 5.74) is 1.52. The smallest absolute Gasteiger partial charge is 0.411 e. The Morgan fingerprint density at radius 3 is 2.62 bits per heavy atom. The van der Waals surface area contributed by atoms with Crippen molar-refractivity contribution in [1.82, 2.24) is 14.9 Å². The Balaban J connectivity index is 1.85. The Morgan fingerprint density at radius 2 is 2.00 bits per heavy atom. The van der Waals surface area contributed by atoms with E-state index in [1.54, 1.807) is 0 Å². The van der Waals surface area contributed by atoms with E-state index >= 15 is 0 Å². The van der Waals surface area contributed by atoms with Gasteiger partial charge in [-0.15, -0.1) is 0 Å². The molecule has 0 spiro atoms. The first-order valence-corrected chi connectivity index (χ1v) is 9.90. The van der Waals surface area contributed by atoms with Crippen LogP contribution in [0.4, 0.5) is 4.79 Å². The van der Waals surface area contributed by atoms with Gasteiger partial charge >= 0.3 is 6.09 Å². The number of amides is 1. The molecule has 3 rings (SSSR count). The van der Waals surface area contributed by atoms with Gasteiger partial charge in [0.25, 0.3) is 0 Å². The molecule has 5 nitrogen and oxygen atoms in total. The molecule has 0 saturated carbocycles. The van der Waals surface area contributed by atoms with Crippen LogP contribution in [-0.4, -0.2) is 32.6 Å². The summed E-state index contributed by atoms with van der Waals surface area (Å²) in [4.78, 5) is 22.6. The van der Waals surface area contributed by atoms with E-state index in [1.807, 2.05) is 56.1 Å². The molecule has 1 amide bonds. The molecule has 2 aromatic rings. The number of imidazole rings is 1. The summed E-state index contributed by atoms with van der Waals surface area (Å²) in [5.74, 6) is 0.824. The molecule has 1 aliphatic rings. The highest BCUT2D eigenvalue weighted by atomic mass is 79.9. The van der Waals surface area contributed by atoms with Crippen molar-refractivity contribution < 1.29 is 9.53 Å². The number of aromatic amines is 1. The minimum Gasteiger partial charge on any atom is -0.444 e. The summed E-state index contributed by atoms with van der Waals surface area (Å²) in [7, 11) is 0. The first kappa shape index (κ1) is 19.0. The van der Waals surface area contributed by atoms with Gasteiger partial charge in [0.2, 0.25) is 0 Å². The zero-order chi connectivity index (χ0) is 18.9. The van der Waals surface area contributed by atoms with Gasteiger partial charge in [0.05, 0.1) is 17.9 Å². The molecule has 2 heterocycles. The number of hydrogen-bond donors (Lipinski definition) is 1. The highest BCUT2D eigenvalue weighted by molar-refractivity contribution is 9.10. The van der Waals surface area contributed by atoms with Crippen LogP contribution < -0.4 is 0 Å². The highest BCUT2D eigenvalue weighted by Gasteiger charge is 2.40. The zero-order valence-electron chi connectivity index (χ0n) is 15.8. The molecule has 1 aromatic heterocycles. The van der Waals surface area contributed by atoms with Gasteiger partial charge < -0.3 is 9.72 Å². The summed E-state index contributed by atoms with van der Waals surface area (Å²) in [6.45, 7) is 7.81. The van der Waals surface area contributed by atoms with Crippen LogP contribution in [0.5, 0.6) is 0 Å². The summed E-state index contributed by atoms with van der Waals surface area (Å²) >= 11 is 3.46. The van der Waals surface area contributed by atoms with Crippen LogP contribution in [0.25, 0.3) is 11.3 Å². The van der Waals surface area contributed by atoms with Crippen LogP contribution >= 0.6 is 15.9 Å². The van der Waals surface area contributed by atoms with Gasteiger partial charge in [0, 0.05) is 10.5 Å². The maximum absolute atomic E-state index is 12.8. The molecule has 2 atom stereocenters. The van der Waals surface area contributed by atoms with Crippen molar-refractivity contribution in [3.63, 3.8) is 0 Å². The molecule has 1 fully saturated rings. The van der Waals surface area contributed by atoms with Crippen molar-refractivity contribution in [2.24, 2.45) is 0 Å². The predicted molar refractivity (Wildman–Crippen MR) is 106 cm³/mol. The van der Waals surface area contributed by atoms with Crippen LogP contribution in [0, 0.1) is 0 Å². The number of aromatic nitrogens is 2. The van der Waals surface area contributed by atoms with Crippen molar-refractivity contribution in [2.45, 2.75) is 64.6 Å². The Labute approximate surface area is 163 Å². The lowest BCUT2D eigenvalue weighted by Crippen LogP contribution is -2.41. The molecular weight excluding hydrogens is 394 g/mol. The Kier molecular flexibility index (Phi) is 5.42. The number of hydrogen-bond acceptors (Lipinski definition) is 3. The van der Waals surface area contributed by atoms with E-state index in [4.69, 9.17) is 4.74 Å². The van der Waals surface area contributed by atoms with E-state index in [-0.39, 0.29) is 18.2 Å². The molecule has 26 heavy (non-hydrogen) atoms. The monoisotopic (exact) mass is 419 g/mol. The van der Waals surface area contributed by atoms with E-state index < -0.39 is 5.60 Å². The summed E-state index contributed by atoms with van der Waals surface area (Å²) < 4.78 is 6.69. The second-order valence-corrected chi connectivity index (χ2v) is 8.65. The minimum absolute atomic E-state index is 0.0704. The largest absolute Gasteiger partial charge is 0.444 e. The molecule has 0 radical (unpaired) electrons. The van der Waals surface area contributed by atoms with E-state index in [1.165, 1.54) is 0 Å². The summed E-state index contributed by atoms with van der Waals surface area (Å²) in [6.07, 6.45) is 4.36. The van der Waals surface area contributed by atoms with Gasteiger partial charge in [-0.2, -0.15) is 0 Å². The lowest BCUT2D eigenvalue weighted by Gasteiger charge is -2.31. The number of carbonyl (C=O) groups excluding carboxylic acids is 1. The van der Waals surface area contributed by atoms with E-state index in [0.717, 1.165) is 40.8 Å². The molecule has 1 aliphatic heterocycles. The Hall–Kier alpha value is -1.82. The average Bonchev–Trinajstić information content (AvgIpc) is 3.20. The number of halogens is 1. The van der Waals surface area contributed by atoms with Crippen LogP contribution in [0.15, 0.2) is 34.9 Å². The van der Waals surface area contributed by atoms with E-state index in [0.29, 0.717) is 0 Å². The lowest BCUT2D eigenvalue weighted by atomic mass is 10.1. The van der Waals surface area contributed by atoms with E-state index in [9.17, 15) is 4.79 Å². The third kappa shape index (κ3) is 4.11. The zero-order valence-corrected chi connectivity index (χ0v) is 17.3. The maximum atomic E-state index is 12.8. The van der Waals surface area contributed by atoms with Gasteiger partial charge in [0.1, 0.15) is 11.4 Å². The fourth-order valence-electron chi connectivity index (χ4n) is 3.43. The van der Waals surface area contributed by atoms with Crippen molar-refractivity contribution >= 4 is 22.0 Å². The van der Waals surface area contributed by atoms with Gasteiger partial charge in [-0.3, -0.25) is 4.90 Å². The summed E-state index contributed by atoms with van der Waals surface area (Å²) in [6, 6.07) is 8.21. The molecule has 6 heteroatoms. The molecule has 1 saturated heterocycles.